The summed E-state index contributed by atoms with van der Waals surface area (Å²) in [5.74, 6) is 0.546. The van der Waals surface area contributed by atoms with Crippen molar-refractivity contribution in [2.45, 2.75) is 13.3 Å². The van der Waals surface area contributed by atoms with Gasteiger partial charge in [0.2, 0.25) is 0 Å². The molecule has 0 saturated heterocycles. The second-order valence-electron chi connectivity index (χ2n) is 10.4. The number of para-hydroxylation sites is 3. The number of hydrogen-bond acceptors (Lipinski definition) is 1. The highest BCUT2D eigenvalue weighted by atomic mass is 15.1. The Morgan fingerprint density at radius 2 is 1.13 bits per heavy atom. The molecule has 188 valence electrons. The van der Waals surface area contributed by atoms with Crippen molar-refractivity contribution in [1.82, 2.24) is 4.57 Å². The van der Waals surface area contributed by atoms with Gasteiger partial charge in [0.05, 0.1) is 5.52 Å². The summed E-state index contributed by atoms with van der Waals surface area (Å²) in [4.78, 5) is 2.29. The third-order valence-corrected chi connectivity index (χ3v) is 7.74. The summed E-state index contributed by atoms with van der Waals surface area (Å²) in [7, 11) is 0. The fourth-order valence-corrected chi connectivity index (χ4v) is 5.84. The molecule has 0 fully saturated rings. The first kappa shape index (κ1) is 23.3. The highest BCUT2D eigenvalue weighted by Gasteiger charge is 2.21. The van der Waals surface area contributed by atoms with Crippen LogP contribution in [0.1, 0.15) is 18.2 Å². The molecule has 7 rings (SSSR count). The quantitative estimate of drug-likeness (QED) is 0.228. The number of anilines is 3. The van der Waals surface area contributed by atoms with Crippen LogP contribution in [0, 0.1) is 5.92 Å². The number of fused-ring (bicyclic) bond motifs is 3. The molecule has 39 heavy (non-hydrogen) atoms. The lowest BCUT2D eigenvalue weighted by Crippen LogP contribution is -2.09. The van der Waals surface area contributed by atoms with Gasteiger partial charge < -0.3 is 9.47 Å². The second kappa shape index (κ2) is 9.81. The average Bonchev–Trinajstić information content (AvgIpc) is 3.32. The van der Waals surface area contributed by atoms with Crippen LogP contribution in [0.2, 0.25) is 0 Å². The van der Waals surface area contributed by atoms with E-state index in [0.717, 1.165) is 23.5 Å². The predicted molar refractivity (Wildman–Crippen MR) is 165 cm³/mol. The standard InChI is InChI=1S/C37H30N2/c1-27-16-25-35-34-14-8-9-15-36(34)39(37(35)26-27)33-23-19-29(20-24-33)28-17-21-32(22-18-28)38(30-10-4-2-5-11-30)31-12-6-3-7-13-31/h2-25,27H,26H2,1H3/t27-/m1/s1. The lowest BCUT2D eigenvalue weighted by atomic mass is 9.95. The van der Waals surface area contributed by atoms with Crippen LogP contribution in [0.3, 0.4) is 0 Å². The number of rotatable bonds is 5. The third-order valence-electron chi connectivity index (χ3n) is 7.74. The summed E-state index contributed by atoms with van der Waals surface area (Å²) in [6.45, 7) is 2.30. The van der Waals surface area contributed by atoms with Crippen molar-refractivity contribution in [1.29, 1.82) is 0 Å². The molecule has 6 aromatic rings. The lowest BCUT2D eigenvalue weighted by molar-refractivity contribution is 0.690. The molecule has 0 unspecified atom stereocenters. The van der Waals surface area contributed by atoms with Crippen molar-refractivity contribution in [3.63, 3.8) is 0 Å². The van der Waals surface area contributed by atoms with Crippen LogP contribution in [-0.2, 0) is 6.42 Å². The largest absolute Gasteiger partial charge is 0.313 e. The molecule has 0 saturated carbocycles. The molecule has 2 nitrogen and oxygen atoms in total. The molecule has 0 aliphatic heterocycles. The normalized spacial score (nSPS) is 14.3. The minimum atomic E-state index is 0.546. The van der Waals surface area contributed by atoms with Gasteiger partial charge in [-0.1, -0.05) is 97.9 Å². The Balaban J connectivity index is 1.23. The highest BCUT2D eigenvalue weighted by Crippen LogP contribution is 2.37. The summed E-state index contributed by atoms with van der Waals surface area (Å²) in [6.07, 6.45) is 5.71. The molecule has 1 aliphatic rings. The van der Waals surface area contributed by atoms with Gasteiger partial charge in [-0.25, -0.2) is 0 Å². The minimum absolute atomic E-state index is 0.546. The van der Waals surface area contributed by atoms with Gasteiger partial charge in [0.15, 0.2) is 0 Å². The van der Waals surface area contributed by atoms with Crippen molar-refractivity contribution in [3.05, 3.63) is 151 Å². The van der Waals surface area contributed by atoms with Gasteiger partial charge in [-0.05, 0) is 78.1 Å². The van der Waals surface area contributed by atoms with E-state index in [9.17, 15) is 0 Å². The molecule has 1 heterocycles. The van der Waals surface area contributed by atoms with E-state index >= 15 is 0 Å². The Hall–Kier alpha value is -4.82. The van der Waals surface area contributed by atoms with Crippen molar-refractivity contribution in [3.8, 4) is 16.8 Å². The highest BCUT2D eigenvalue weighted by molar-refractivity contribution is 5.93. The van der Waals surface area contributed by atoms with Crippen LogP contribution < -0.4 is 4.90 Å². The summed E-state index contributed by atoms with van der Waals surface area (Å²) in [5, 5.41) is 1.33. The lowest BCUT2D eigenvalue weighted by Gasteiger charge is -2.25. The molecule has 0 N–H and O–H groups in total. The van der Waals surface area contributed by atoms with Gasteiger partial charge >= 0.3 is 0 Å². The average molecular weight is 503 g/mol. The van der Waals surface area contributed by atoms with Gasteiger partial charge in [0, 0.05) is 39.4 Å². The molecule has 0 radical (unpaired) electrons. The topological polar surface area (TPSA) is 8.17 Å². The van der Waals surface area contributed by atoms with Gasteiger partial charge in [-0.3, -0.25) is 0 Å². The van der Waals surface area contributed by atoms with E-state index in [-0.39, 0.29) is 0 Å². The number of aromatic nitrogens is 1. The van der Waals surface area contributed by atoms with Crippen molar-refractivity contribution >= 4 is 34.0 Å². The number of benzene rings is 5. The molecule has 0 amide bonds. The van der Waals surface area contributed by atoms with Crippen LogP contribution in [0.4, 0.5) is 17.1 Å². The molecular formula is C37H30N2. The maximum atomic E-state index is 2.45. The minimum Gasteiger partial charge on any atom is -0.313 e. The van der Waals surface area contributed by atoms with E-state index < -0.39 is 0 Å². The van der Waals surface area contributed by atoms with Gasteiger partial charge in [0.1, 0.15) is 0 Å². The zero-order valence-corrected chi connectivity index (χ0v) is 22.0. The monoisotopic (exact) mass is 502 g/mol. The zero-order valence-electron chi connectivity index (χ0n) is 22.0. The van der Waals surface area contributed by atoms with E-state index in [2.05, 4.69) is 162 Å². The van der Waals surface area contributed by atoms with E-state index in [4.69, 9.17) is 0 Å². The Morgan fingerprint density at radius 1 is 0.590 bits per heavy atom. The molecule has 2 heteroatoms. The molecular weight excluding hydrogens is 472 g/mol. The van der Waals surface area contributed by atoms with Crippen LogP contribution in [-0.4, -0.2) is 4.57 Å². The van der Waals surface area contributed by atoms with E-state index in [1.54, 1.807) is 0 Å². The SMILES string of the molecule is C[C@@H]1C=Cc2c(n(-c3ccc(-c4ccc(N(c5ccccc5)c5ccccc5)cc4)cc3)c3ccccc23)C1. The maximum Gasteiger partial charge on any atom is 0.0537 e. The Bertz CT molecular complexity index is 1720. The zero-order chi connectivity index (χ0) is 26.2. The van der Waals surface area contributed by atoms with Crippen LogP contribution in [0.25, 0.3) is 33.8 Å². The Labute approximate surface area is 230 Å². The fraction of sp³-hybridized carbons (Fsp3) is 0.0811. The Morgan fingerprint density at radius 3 is 1.77 bits per heavy atom. The molecule has 1 atom stereocenters. The van der Waals surface area contributed by atoms with E-state index in [0.29, 0.717) is 5.92 Å². The first-order chi connectivity index (χ1) is 19.3. The first-order valence-electron chi connectivity index (χ1n) is 13.7. The summed E-state index contributed by atoms with van der Waals surface area (Å²) < 4.78 is 2.45. The molecule has 0 spiro atoms. The summed E-state index contributed by atoms with van der Waals surface area (Å²) in [5.41, 5.74) is 11.1. The first-order valence-corrected chi connectivity index (χ1v) is 13.7. The second-order valence-corrected chi connectivity index (χ2v) is 10.4. The van der Waals surface area contributed by atoms with Crippen LogP contribution in [0.5, 0.6) is 0 Å². The number of allylic oxidation sites excluding steroid dienone is 1. The Kier molecular flexibility index (Phi) is 5.86. The van der Waals surface area contributed by atoms with E-state index in [1.165, 1.54) is 39.0 Å². The number of nitrogens with zero attached hydrogens (tertiary/aromatic N) is 2. The van der Waals surface area contributed by atoms with E-state index in [1.807, 2.05) is 0 Å². The number of hydrogen-bond donors (Lipinski definition) is 0. The molecule has 1 aromatic heterocycles. The summed E-state index contributed by atoms with van der Waals surface area (Å²) >= 11 is 0. The van der Waals surface area contributed by atoms with Crippen LogP contribution in [0.15, 0.2) is 140 Å². The molecule has 1 aliphatic carbocycles. The van der Waals surface area contributed by atoms with Gasteiger partial charge in [0.25, 0.3) is 0 Å². The molecule has 5 aromatic carbocycles. The predicted octanol–water partition coefficient (Wildman–Crippen LogP) is 9.97. The van der Waals surface area contributed by atoms with Crippen LogP contribution >= 0.6 is 0 Å². The smallest absolute Gasteiger partial charge is 0.0537 e. The van der Waals surface area contributed by atoms with Crippen molar-refractivity contribution < 1.29 is 0 Å². The van der Waals surface area contributed by atoms with Gasteiger partial charge in [-0.2, -0.15) is 0 Å². The third kappa shape index (κ3) is 4.24. The van der Waals surface area contributed by atoms with Crippen molar-refractivity contribution in [2.24, 2.45) is 5.92 Å². The van der Waals surface area contributed by atoms with Crippen molar-refractivity contribution in [2.75, 3.05) is 4.90 Å². The fourth-order valence-electron chi connectivity index (χ4n) is 5.84. The maximum absolute atomic E-state index is 2.45. The molecule has 0 bridgehead atoms. The summed E-state index contributed by atoms with van der Waals surface area (Å²) in [6, 6.07) is 47.7. The van der Waals surface area contributed by atoms with Gasteiger partial charge in [-0.15, -0.1) is 0 Å².